The monoisotopic (exact) mass is 201 g/mol. The minimum Gasteiger partial charge on any atom is -0.310 e. The molecule has 0 rings (SSSR count). The van der Waals surface area contributed by atoms with E-state index in [4.69, 9.17) is 0 Å². The number of hydrogen-bond donors (Lipinski definition) is 0. The van der Waals surface area contributed by atoms with E-state index in [0.717, 1.165) is 0 Å². The minimum atomic E-state index is -0.847. The molecule has 80 valence electrons. The van der Waals surface area contributed by atoms with Crippen LogP contribution in [0.1, 0.15) is 27.2 Å². The first-order chi connectivity index (χ1) is 6.36. The molecule has 0 bridgehead atoms. The van der Waals surface area contributed by atoms with Crippen LogP contribution in [0.2, 0.25) is 0 Å². The second kappa shape index (κ2) is 5.36. The molecule has 0 aromatic heterocycles. The van der Waals surface area contributed by atoms with E-state index in [1.807, 2.05) is 13.8 Å². The van der Waals surface area contributed by atoms with Crippen LogP contribution in [-0.4, -0.2) is 17.5 Å². The molecule has 0 aromatic rings. The van der Waals surface area contributed by atoms with Crippen molar-refractivity contribution in [1.82, 2.24) is 0 Å². The SMILES string of the molecule is CC(=O)C(C)(C)C/C=C/CO[N+](=O)[O-]. The summed E-state index contributed by atoms with van der Waals surface area (Å²) in [5, 5.41) is 8.92. The van der Waals surface area contributed by atoms with Crippen LogP contribution in [0, 0.1) is 15.5 Å². The van der Waals surface area contributed by atoms with Gasteiger partial charge in [-0.1, -0.05) is 26.0 Å². The Balaban J connectivity index is 3.82. The van der Waals surface area contributed by atoms with Crippen molar-refractivity contribution in [2.75, 3.05) is 6.61 Å². The molecule has 0 aliphatic rings. The van der Waals surface area contributed by atoms with E-state index in [0.29, 0.717) is 6.42 Å². The predicted octanol–water partition coefficient (Wildman–Crippen LogP) is 1.76. The lowest BCUT2D eigenvalue weighted by Crippen LogP contribution is -2.20. The number of carbonyl (C=O) groups is 1. The van der Waals surface area contributed by atoms with Gasteiger partial charge in [-0.3, -0.25) is 4.79 Å². The standard InChI is InChI=1S/C9H15NO4/c1-8(11)9(2,3)6-4-5-7-14-10(12)13/h4-5H,6-7H2,1-3H3/b5-4+. The third-order valence-corrected chi connectivity index (χ3v) is 2.02. The molecular weight excluding hydrogens is 186 g/mol. The molecule has 0 N–H and O–H groups in total. The molecule has 0 fully saturated rings. The highest BCUT2D eigenvalue weighted by Crippen LogP contribution is 2.21. The van der Waals surface area contributed by atoms with Crippen LogP contribution in [-0.2, 0) is 9.63 Å². The first-order valence-corrected chi connectivity index (χ1v) is 4.29. The second-order valence-electron chi connectivity index (χ2n) is 3.63. The number of rotatable bonds is 6. The fraction of sp³-hybridized carbons (Fsp3) is 0.667. The van der Waals surface area contributed by atoms with E-state index in [9.17, 15) is 14.9 Å². The maximum Gasteiger partial charge on any atom is 0.294 e. The lowest BCUT2D eigenvalue weighted by molar-refractivity contribution is -0.755. The van der Waals surface area contributed by atoms with Gasteiger partial charge in [0.05, 0.1) is 0 Å². The summed E-state index contributed by atoms with van der Waals surface area (Å²) in [7, 11) is 0. The third kappa shape index (κ3) is 5.29. The van der Waals surface area contributed by atoms with Crippen LogP contribution >= 0.6 is 0 Å². The highest BCUT2D eigenvalue weighted by molar-refractivity contribution is 5.81. The van der Waals surface area contributed by atoms with E-state index in [2.05, 4.69) is 4.84 Å². The molecule has 0 amide bonds. The van der Waals surface area contributed by atoms with Gasteiger partial charge in [-0.2, -0.15) is 0 Å². The molecule has 0 heterocycles. The molecule has 0 aliphatic carbocycles. The zero-order valence-corrected chi connectivity index (χ0v) is 8.65. The van der Waals surface area contributed by atoms with E-state index < -0.39 is 10.5 Å². The molecule has 0 unspecified atom stereocenters. The van der Waals surface area contributed by atoms with E-state index >= 15 is 0 Å². The smallest absolute Gasteiger partial charge is 0.294 e. The highest BCUT2D eigenvalue weighted by Gasteiger charge is 2.21. The Morgan fingerprint density at radius 3 is 2.50 bits per heavy atom. The van der Waals surface area contributed by atoms with Crippen LogP contribution < -0.4 is 0 Å². The first-order valence-electron chi connectivity index (χ1n) is 4.29. The Hall–Kier alpha value is -1.39. The van der Waals surface area contributed by atoms with Crippen LogP contribution in [0.15, 0.2) is 12.2 Å². The summed E-state index contributed by atoms with van der Waals surface area (Å²) in [5.74, 6) is 0.0948. The molecule has 5 heteroatoms. The zero-order chi connectivity index (χ0) is 11.2. The second-order valence-corrected chi connectivity index (χ2v) is 3.63. The van der Waals surface area contributed by atoms with Crippen molar-refractivity contribution in [2.24, 2.45) is 5.41 Å². The fourth-order valence-corrected chi connectivity index (χ4v) is 0.694. The van der Waals surface area contributed by atoms with Crippen LogP contribution in [0.3, 0.4) is 0 Å². The number of allylic oxidation sites excluding steroid dienone is 1. The van der Waals surface area contributed by atoms with Crippen molar-refractivity contribution in [2.45, 2.75) is 27.2 Å². The molecule has 0 radical (unpaired) electrons. The number of Topliss-reactive ketones (excluding diaryl/α,β-unsaturated/α-hetero) is 1. The van der Waals surface area contributed by atoms with Gasteiger partial charge < -0.3 is 4.84 Å². The number of ketones is 1. The maximum absolute atomic E-state index is 11.1. The Morgan fingerprint density at radius 2 is 2.07 bits per heavy atom. The normalized spacial score (nSPS) is 11.6. The van der Waals surface area contributed by atoms with Gasteiger partial charge in [0.2, 0.25) is 0 Å². The molecule has 0 saturated carbocycles. The molecule has 0 aliphatic heterocycles. The summed E-state index contributed by atoms with van der Waals surface area (Å²) in [6.45, 7) is 5.12. The molecule has 0 spiro atoms. The maximum atomic E-state index is 11.1. The minimum absolute atomic E-state index is 0.0685. The summed E-state index contributed by atoms with van der Waals surface area (Å²) in [4.78, 5) is 24.9. The van der Waals surface area contributed by atoms with Crippen molar-refractivity contribution < 1.29 is 14.7 Å². The molecular formula is C9H15NO4. The predicted molar refractivity (Wildman–Crippen MR) is 51.2 cm³/mol. The Kier molecular flexibility index (Phi) is 4.83. The van der Waals surface area contributed by atoms with Gasteiger partial charge in [-0.15, -0.1) is 10.1 Å². The molecule has 0 atom stereocenters. The first kappa shape index (κ1) is 12.6. The lowest BCUT2D eigenvalue weighted by atomic mass is 9.85. The summed E-state index contributed by atoms with van der Waals surface area (Å²) >= 11 is 0. The van der Waals surface area contributed by atoms with Crippen molar-refractivity contribution in [3.63, 3.8) is 0 Å². The van der Waals surface area contributed by atoms with E-state index in [1.54, 1.807) is 6.08 Å². The molecule has 0 aromatic carbocycles. The van der Waals surface area contributed by atoms with Crippen molar-refractivity contribution in [1.29, 1.82) is 0 Å². The average Bonchev–Trinajstić information content (AvgIpc) is 2.02. The summed E-state index contributed by atoms with van der Waals surface area (Å²) in [6, 6.07) is 0. The van der Waals surface area contributed by atoms with Gasteiger partial charge in [0.15, 0.2) is 0 Å². The average molecular weight is 201 g/mol. The van der Waals surface area contributed by atoms with Gasteiger partial charge in [-0.25, -0.2) is 0 Å². The number of hydrogen-bond acceptors (Lipinski definition) is 4. The van der Waals surface area contributed by atoms with Gasteiger partial charge in [0.1, 0.15) is 12.4 Å². The largest absolute Gasteiger partial charge is 0.310 e. The van der Waals surface area contributed by atoms with Crippen LogP contribution in [0.25, 0.3) is 0 Å². The quantitative estimate of drug-likeness (QED) is 0.373. The van der Waals surface area contributed by atoms with Gasteiger partial charge in [0, 0.05) is 5.41 Å². The van der Waals surface area contributed by atoms with Gasteiger partial charge in [-0.05, 0) is 13.3 Å². The van der Waals surface area contributed by atoms with E-state index in [1.165, 1.54) is 13.0 Å². The Labute approximate surface area is 82.9 Å². The van der Waals surface area contributed by atoms with Gasteiger partial charge in [0.25, 0.3) is 5.09 Å². The van der Waals surface area contributed by atoms with Crippen molar-refractivity contribution in [3.05, 3.63) is 22.3 Å². The van der Waals surface area contributed by atoms with Crippen molar-refractivity contribution in [3.8, 4) is 0 Å². The highest BCUT2D eigenvalue weighted by atomic mass is 16.9. The van der Waals surface area contributed by atoms with Crippen LogP contribution in [0.5, 0.6) is 0 Å². The number of carbonyl (C=O) groups excluding carboxylic acids is 1. The topological polar surface area (TPSA) is 69.4 Å². The lowest BCUT2D eigenvalue weighted by Gasteiger charge is -2.18. The fourth-order valence-electron chi connectivity index (χ4n) is 0.694. The molecule has 14 heavy (non-hydrogen) atoms. The van der Waals surface area contributed by atoms with Gasteiger partial charge >= 0.3 is 0 Å². The zero-order valence-electron chi connectivity index (χ0n) is 8.65. The summed E-state index contributed by atoms with van der Waals surface area (Å²) < 4.78 is 0. The van der Waals surface area contributed by atoms with E-state index in [-0.39, 0.29) is 12.4 Å². The molecule has 0 saturated heterocycles. The summed E-state index contributed by atoms with van der Waals surface area (Å²) in [6.07, 6.45) is 3.81. The third-order valence-electron chi connectivity index (χ3n) is 2.02. The molecule has 5 nitrogen and oxygen atoms in total. The summed E-state index contributed by atoms with van der Waals surface area (Å²) in [5.41, 5.74) is -0.412. The Bertz CT molecular complexity index is 245. The number of nitrogens with zero attached hydrogens (tertiary/aromatic N) is 1. The van der Waals surface area contributed by atoms with Crippen LogP contribution in [0.4, 0.5) is 0 Å². The van der Waals surface area contributed by atoms with Crippen molar-refractivity contribution >= 4 is 5.78 Å². The Morgan fingerprint density at radius 1 is 1.50 bits per heavy atom.